The highest BCUT2D eigenvalue weighted by Crippen LogP contribution is 2.24. The van der Waals surface area contributed by atoms with E-state index in [1.807, 2.05) is 12.1 Å². The van der Waals surface area contributed by atoms with Gasteiger partial charge in [0, 0.05) is 30.8 Å². The molecule has 0 radical (unpaired) electrons. The third-order valence-corrected chi connectivity index (χ3v) is 3.89. The van der Waals surface area contributed by atoms with E-state index in [0.717, 1.165) is 37.2 Å². The zero-order valence-electron chi connectivity index (χ0n) is 12.6. The average molecular weight is 296 g/mol. The van der Waals surface area contributed by atoms with E-state index >= 15 is 0 Å². The van der Waals surface area contributed by atoms with Gasteiger partial charge in [-0.05, 0) is 48.8 Å². The maximum atomic E-state index is 5.98. The molecule has 1 unspecified atom stereocenters. The van der Waals surface area contributed by atoms with Crippen LogP contribution in [0.5, 0.6) is 0 Å². The summed E-state index contributed by atoms with van der Waals surface area (Å²) in [5, 5.41) is 4.44. The SMILES string of the molecule is CC(C)COCCC(CNC1CC1)c1ccc(Cl)cc1. The van der Waals surface area contributed by atoms with Gasteiger partial charge in [-0.2, -0.15) is 0 Å². The van der Waals surface area contributed by atoms with Crippen molar-refractivity contribution in [2.75, 3.05) is 19.8 Å². The van der Waals surface area contributed by atoms with Crippen LogP contribution in [0.1, 0.15) is 44.6 Å². The molecule has 2 nitrogen and oxygen atoms in total. The molecule has 1 aliphatic rings. The summed E-state index contributed by atoms with van der Waals surface area (Å²) in [7, 11) is 0. The molecule has 0 saturated heterocycles. The third-order valence-electron chi connectivity index (χ3n) is 3.63. The highest BCUT2D eigenvalue weighted by Gasteiger charge is 2.22. The lowest BCUT2D eigenvalue weighted by atomic mass is 9.96. The fraction of sp³-hybridized carbons (Fsp3) is 0.647. The quantitative estimate of drug-likeness (QED) is 0.688. The Morgan fingerprint density at radius 1 is 1.25 bits per heavy atom. The van der Waals surface area contributed by atoms with Gasteiger partial charge in [-0.3, -0.25) is 0 Å². The number of halogens is 1. The van der Waals surface area contributed by atoms with Crippen molar-refractivity contribution in [1.82, 2.24) is 5.32 Å². The Bertz CT molecular complexity index is 386. The summed E-state index contributed by atoms with van der Waals surface area (Å²) in [6.45, 7) is 7.09. The van der Waals surface area contributed by atoms with Gasteiger partial charge in [0.05, 0.1) is 0 Å². The van der Waals surface area contributed by atoms with Crippen molar-refractivity contribution in [3.05, 3.63) is 34.9 Å². The van der Waals surface area contributed by atoms with E-state index in [2.05, 4.69) is 31.3 Å². The summed E-state index contributed by atoms with van der Waals surface area (Å²) in [5.74, 6) is 1.12. The Hall–Kier alpha value is -0.570. The Morgan fingerprint density at radius 3 is 2.55 bits per heavy atom. The minimum absolute atomic E-state index is 0.514. The van der Waals surface area contributed by atoms with Crippen molar-refractivity contribution in [2.45, 2.75) is 45.1 Å². The lowest BCUT2D eigenvalue weighted by Gasteiger charge is -2.19. The van der Waals surface area contributed by atoms with Crippen LogP contribution in [0.3, 0.4) is 0 Å². The molecule has 0 amide bonds. The molecule has 2 rings (SSSR count). The van der Waals surface area contributed by atoms with E-state index < -0.39 is 0 Å². The molecule has 1 saturated carbocycles. The first-order chi connectivity index (χ1) is 9.65. The minimum atomic E-state index is 0.514. The van der Waals surface area contributed by atoms with Gasteiger partial charge in [-0.1, -0.05) is 37.6 Å². The number of hydrogen-bond donors (Lipinski definition) is 1. The molecule has 0 heterocycles. The standard InChI is InChI=1S/C17H26ClNO/c1-13(2)12-20-10-9-15(11-19-17-7-8-17)14-3-5-16(18)6-4-14/h3-6,13,15,17,19H,7-12H2,1-2H3. The van der Waals surface area contributed by atoms with Crippen molar-refractivity contribution in [3.63, 3.8) is 0 Å². The average Bonchev–Trinajstić information content (AvgIpc) is 3.23. The monoisotopic (exact) mass is 295 g/mol. The van der Waals surface area contributed by atoms with E-state index in [1.54, 1.807) is 0 Å². The zero-order valence-corrected chi connectivity index (χ0v) is 13.3. The maximum Gasteiger partial charge on any atom is 0.0488 e. The molecule has 1 atom stereocenters. The molecule has 1 aliphatic carbocycles. The molecule has 0 aromatic heterocycles. The maximum absolute atomic E-state index is 5.98. The van der Waals surface area contributed by atoms with Crippen LogP contribution in [0, 0.1) is 5.92 Å². The number of nitrogens with one attached hydrogen (secondary N) is 1. The predicted octanol–water partition coefficient (Wildman–Crippen LogP) is 4.24. The summed E-state index contributed by atoms with van der Waals surface area (Å²) in [5.41, 5.74) is 1.36. The van der Waals surface area contributed by atoms with Gasteiger partial charge in [-0.25, -0.2) is 0 Å². The van der Waals surface area contributed by atoms with Crippen molar-refractivity contribution in [2.24, 2.45) is 5.92 Å². The molecular weight excluding hydrogens is 270 g/mol. The molecule has 1 fully saturated rings. The summed E-state index contributed by atoms with van der Waals surface area (Å²) < 4.78 is 5.74. The Balaban J connectivity index is 1.83. The van der Waals surface area contributed by atoms with Crippen molar-refractivity contribution in [3.8, 4) is 0 Å². The lowest BCUT2D eigenvalue weighted by molar-refractivity contribution is 0.103. The second-order valence-electron chi connectivity index (χ2n) is 6.19. The zero-order chi connectivity index (χ0) is 14.4. The van der Waals surface area contributed by atoms with Gasteiger partial charge in [0.15, 0.2) is 0 Å². The van der Waals surface area contributed by atoms with Crippen LogP contribution in [-0.4, -0.2) is 25.8 Å². The van der Waals surface area contributed by atoms with E-state index in [4.69, 9.17) is 16.3 Å². The summed E-state index contributed by atoms with van der Waals surface area (Å²) in [6, 6.07) is 9.00. The number of rotatable bonds is 9. The van der Waals surface area contributed by atoms with Crippen LogP contribution in [0.4, 0.5) is 0 Å². The van der Waals surface area contributed by atoms with Crippen LogP contribution >= 0.6 is 11.6 Å². The summed E-state index contributed by atoms with van der Waals surface area (Å²) in [4.78, 5) is 0. The van der Waals surface area contributed by atoms with Gasteiger partial charge >= 0.3 is 0 Å². The van der Waals surface area contributed by atoms with E-state index in [-0.39, 0.29) is 0 Å². The number of ether oxygens (including phenoxy) is 1. The van der Waals surface area contributed by atoms with Crippen LogP contribution in [0.25, 0.3) is 0 Å². The van der Waals surface area contributed by atoms with Crippen LogP contribution < -0.4 is 5.32 Å². The van der Waals surface area contributed by atoms with Crippen LogP contribution in [0.15, 0.2) is 24.3 Å². The predicted molar refractivity (Wildman–Crippen MR) is 85.5 cm³/mol. The molecule has 1 aromatic rings. The van der Waals surface area contributed by atoms with Gasteiger partial charge in [0.1, 0.15) is 0 Å². The largest absolute Gasteiger partial charge is 0.381 e. The topological polar surface area (TPSA) is 21.3 Å². The van der Waals surface area contributed by atoms with Gasteiger partial charge in [-0.15, -0.1) is 0 Å². The van der Waals surface area contributed by atoms with E-state index in [1.165, 1.54) is 18.4 Å². The Labute approximate surface area is 127 Å². The van der Waals surface area contributed by atoms with Gasteiger partial charge < -0.3 is 10.1 Å². The van der Waals surface area contributed by atoms with E-state index in [9.17, 15) is 0 Å². The highest BCUT2D eigenvalue weighted by molar-refractivity contribution is 6.30. The molecule has 0 spiro atoms. The second kappa shape index (κ2) is 8.02. The summed E-state index contributed by atoms with van der Waals surface area (Å²) >= 11 is 5.98. The lowest BCUT2D eigenvalue weighted by Crippen LogP contribution is -2.24. The first kappa shape index (κ1) is 15.8. The molecule has 1 aromatic carbocycles. The van der Waals surface area contributed by atoms with Crippen molar-refractivity contribution < 1.29 is 4.74 Å². The molecule has 112 valence electrons. The normalized spacial score (nSPS) is 16.6. The minimum Gasteiger partial charge on any atom is -0.381 e. The first-order valence-electron chi connectivity index (χ1n) is 7.71. The fourth-order valence-corrected chi connectivity index (χ4v) is 2.39. The molecule has 1 N–H and O–H groups in total. The van der Waals surface area contributed by atoms with Gasteiger partial charge in [0.25, 0.3) is 0 Å². The van der Waals surface area contributed by atoms with Crippen molar-refractivity contribution in [1.29, 1.82) is 0 Å². The fourth-order valence-electron chi connectivity index (χ4n) is 2.26. The van der Waals surface area contributed by atoms with Gasteiger partial charge in [0.2, 0.25) is 0 Å². The number of benzene rings is 1. The van der Waals surface area contributed by atoms with Crippen LogP contribution in [-0.2, 0) is 4.74 Å². The Kier molecular flexibility index (Phi) is 6.34. The highest BCUT2D eigenvalue weighted by atomic mass is 35.5. The first-order valence-corrected chi connectivity index (χ1v) is 8.09. The smallest absolute Gasteiger partial charge is 0.0488 e. The third kappa shape index (κ3) is 5.82. The molecule has 20 heavy (non-hydrogen) atoms. The Morgan fingerprint density at radius 2 is 1.95 bits per heavy atom. The van der Waals surface area contributed by atoms with E-state index in [0.29, 0.717) is 11.8 Å². The summed E-state index contributed by atoms with van der Waals surface area (Å²) in [6.07, 6.45) is 3.72. The van der Waals surface area contributed by atoms with Crippen LogP contribution in [0.2, 0.25) is 5.02 Å². The molecule has 0 aliphatic heterocycles. The number of hydrogen-bond acceptors (Lipinski definition) is 2. The molecule has 3 heteroatoms. The molecule has 0 bridgehead atoms. The molecular formula is C17H26ClNO. The van der Waals surface area contributed by atoms with Crippen molar-refractivity contribution >= 4 is 11.6 Å². The second-order valence-corrected chi connectivity index (χ2v) is 6.62.